The van der Waals surface area contributed by atoms with Gasteiger partial charge in [0.05, 0.1) is 12.0 Å². The molecule has 19 heavy (non-hydrogen) atoms. The minimum atomic E-state index is -0.778. The Balaban J connectivity index is 2.41. The van der Waals surface area contributed by atoms with E-state index in [-0.39, 0.29) is 11.7 Å². The molecule has 104 valence electrons. The largest absolute Gasteiger partial charge is 0.504 e. The Kier molecular flexibility index (Phi) is 3.20. The molecular formula is C15H20O4. The molecule has 0 aliphatic carbocycles. The van der Waals surface area contributed by atoms with Crippen molar-refractivity contribution in [3.63, 3.8) is 0 Å². The number of esters is 1. The van der Waals surface area contributed by atoms with Gasteiger partial charge in [-0.25, -0.2) is 0 Å². The van der Waals surface area contributed by atoms with Gasteiger partial charge < -0.3 is 14.6 Å². The van der Waals surface area contributed by atoms with Gasteiger partial charge in [0.15, 0.2) is 11.5 Å². The molecule has 1 aliphatic heterocycles. The molecule has 0 spiro atoms. The highest BCUT2D eigenvalue weighted by Crippen LogP contribution is 2.44. The Bertz CT molecular complexity index is 501. The van der Waals surface area contributed by atoms with Crippen LogP contribution >= 0.6 is 0 Å². The van der Waals surface area contributed by atoms with E-state index in [2.05, 4.69) is 0 Å². The first-order valence-electron chi connectivity index (χ1n) is 6.43. The maximum absolute atomic E-state index is 12.5. The normalized spacial score (nSPS) is 22.3. The second kappa shape index (κ2) is 4.44. The number of phenols is 1. The summed E-state index contributed by atoms with van der Waals surface area (Å²) in [5.74, 6) is 0.171. The zero-order valence-electron chi connectivity index (χ0n) is 11.8. The number of benzene rings is 1. The summed E-state index contributed by atoms with van der Waals surface area (Å²) in [5.41, 5.74) is -0.623. The third kappa shape index (κ3) is 2.53. The van der Waals surface area contributed by atoms with E-state index in [0.717, 1.165) is 0 Å². The van der Waals surface area contributed by atoms with Crippen LogP contribution in [0.3, 0.4) is 0 Å². The lowest BCUT2D eigenvalue weighted by atomic mass is 9.77. The van der Waals surface area contributed by atoms with Crippen LogP contribution < -0.4 is 4.74 Å². The number of para-hydroxylation sites is 1. The van der Waals surface area contributed by atoms with Crippen molar-refractivity contribution >= 4 is 5.97 Å². The fourth-order valence-electron chi connectivity index (χ4n) is 2.21. The number of hydrogen-bond acceptors (Lipinski definition) is 4. The van der Waals surface area contributed by atoms with Crippen molar-refractivity contribution < 1.29 is 19.4 Å². The van der Waals surface area contributed by atoms with Gasteiger partial charge in [-0.3, -0.25) is 4.79 Å². The van der Waals surface area contributed by atoms with Gasteiger partial charge in [-0.2, -0.15) is 0 Å². The first-order chi connectivity index (χ1) is 8.74. The molecule has 1 unspecified atom stereocenters. The zero-order valence-corrected chi connectivity index (χ0v) is 11.8. The predicted octanol–water partition coefficient (Wildman–Crippen LogP) is 2.77. The predicted molar refractivity (Wildman–Crippen MR) is 71.4 cm³/mol. The van der Waals surface area contributed by atoms with Crippen molar-refractivity contribution in [2.24, 2.45) is 0 Å². The molecule has 0 saturated heterocycles. The molecule has 4 heteroatoms. The van der Waals surface area contributed by atoms with E-state index >= 15 is 0 Å². The molecule has 0 saturated carbocycles. The number of aromatic hydroxyl groups is 1. The Morgan fingerprint density at radius 3 is 2.74 bits per heavy atom. The minimum absolute atomic E-state index is 0.0620. The van der Waals surface area contributed by atoms with Crippen LogP contribution in [0.5, 0.6) is 11.5 Å². The molecule has 1 heterocycles. The van der Waals surface area contributed by atoms with Crippen LogP contribution in [0.15, 0.2) is 18.2 Å². The minimum Gasteiger partial charge on any atom is -0.504 e. The second-order valence-electron chi connectivity index (χ2n) is 6.09. The molecule has 0 fully saturated rings. The molecule has 4 nitrogen and oxygen atoms in total. The number of carbonyl (C=O) groups excluding carboxylic acids is 1. The fraction of sp³-hybridized carbons (Fsp3) is 0.533. The lowest BCUT2D eigenvalue weighted by Crippen LogP contribution is -2.42. The maximum Gasteiger partial charge on any atom is 0.317 e. The number of hydrogen-bond donors (Lipinski definition) is 1. The fourth-order valence-corrected chi connectivity index (χ4v) is 2.21. The highest BCUT2D eigenvalue weighted by atomic mass is 16.6. The van der Waals surface area contributed by atoms with Crippen LogP contribution in [0.4, 0.5) is 0 Å². The molecular weight excluding hydrogens is 244 g/mol. The Morgan fingerprint density at radius 2 is 2.11 bits per heavy atom. The van der Waals surface area contributed by atoms with Gasteiger partial charge in [-0.15, -0.1) is 0 Å². The number of rotatable bonds is 1. The Morgan fingerprint density at radius 1 is 1.42 bits per heavy atom. The molecule has 1 atom stereocenters. The average molecular weight is 264 g/mol. The zero-order chi connectivity index (χ0) is 14.3. The van der Waals surface area contributed by atoms with Gasteiger partial charge in [0, 0.05) is 12.0 Å². The first kappa shape index (κ1) is 13.7. The van der Waals surface area contributed by atoms with Crippen molar-refractivity contribution in [1.29, 1.82) is 0 Å². The van der Waals surface area contributed by atoms with Gasteiger partial charge >= 0.3 is 5.97 Å². The summed E-state index contributed by atoms with van der Waals surface area (Å²) < 4.78 is 11.0. The van der Waals surface area contributed by atoms with E-state index in [9.17, 15) is 9.90 Å². The van der Waals surface area contributed by atoms with Crippen LogP contribution in [0.1, 0.15) is 39.7 Å². The van der Waals surface area contributed by atoms with Crippen LogP contribution in [0.2, 0.25) is 0 Å². The molecule has 1 N–H and O–H groups in total. The number of carbonyl (C=O) groups is 1. The summed E-state index contributed by atoms with van der Waals surface area (Å²) in [6.45, 7) is 7.76. The molecule has 0 amide bonds. The summed E-state index contributed by atoms with van der Waals surface area (Å²) >= 11 is 0. The third-order valence-corrected chi connectivity index (χ3v) is 3.29. The van der Waals surface area contributed by atoms with E-state index in [0.29, 0.717) is 24.3 Å². The summed E-state index contributed by atoms with van der Waals surface area (Å²) in [4.78, 5) is 12.5. The smallest absolute Gasteiger partial charge is 0.317 e. The monoisotopic (exact) mass is 264 g/mol. The maximum atomic E-state index is 12.5. The highest BCUT2D eigenvalue weighted by molar-refractivity contribution is 5.85. The molecule has 1 aromatic carbocycles. The second-order valence-corrected chi connectivity index (χ2v) is 6.09. The first-order valence-corrected chi connectivity index (χ1v) is 6.43. The topological polar surface area (TPSA) is 55.8 Å². The lowest BCUT2D eigenvalue weighted by Gasteiger charge is -2.36. The molecule has 0 aromatic heterocycles. The summed E-state index contributed by atoms with van der Waals surface area (Å²) in [7, 11) is 0. The number of phenolic OH excluding ortho intramolecular Hbond substituents is 1. The van der Waals surface area contributed by atoms with Crippen molar-refractivity contribution in [3.05, 3.63) is 23.8 Å². The summed E-state index contributed by atoms with van der Waals surface area (Å²) in [6.07, 6.45) is 0.540. The molecule has 2 rings (SSSR count). The molecule has 0 radical (unpaired) electrons. The van der Waals surface area contributed by atoms with E-state index in [1.165, 1.54) is 0 Å². The molecule has 0 bridgehead atoms. The average Bonchev–Trinajstić information content (AvgIpc) is 2.28. The van der Waals surface area contributed by atoms with Gasteiger partial charge in [0.2, 0.25) is 0 Å². The van der Waals surface area contributed by atoms with Gasteiger partial charge in [0.25, 0.3) is 0 Å². The number of fused-ring (bicyclic) bond motifs is 1. The highest BCUT2D eigenvalue weighted by Gasteiger charge is 2.43. The van der Waals surface area contributed by atoms with Crippen molar-refractivity contribution in [1.82, 2.24) is 0 Å². The van der Waals surface area contributed by atoms with Crippen LogP contribution in [-0.2, 0) is 14.9 Å². The molecule has 1 aliphatic rings. The SMILES string of the molecule is CC(C)(C)OC(=O)C1(C)CCOc2c(O)cccc21. The quantitative estimate of drug-likeness (QED) is 0.792. The van der Waals surface area contributed by atoms with Gasteiger partial charge in [-0.05, 0) is 33.8 Å². The number of ether oxygens (including phenoxy) is 2. The van der Waals surface area contributed by atoms with E-state index in [4.69, 9.17) is 9.47 Å². The lowest BCUT2D eigenvalue weighted by molar-refractivity contribution is -0.162. The Labute approximate surface area is 113 Å². The van der Waals surface area contributed by atoms with Crippen LogP contribution in [-0.4, -0.2) is 23.3 Å². The van der Waals surface area contributed by atoms with Crippen molar-refractivity contribution in [2.45, 2.75) is 45.1 Å². The van der Waals surface area contributed by atoms with Crippen LogP contribution in [0, 0.1) is 0 Å². The Hall–Kier alpha value is -1.71. The van der Waals surface area contributed by atoms with E-state index in [1.54, 1.807) is 18.2 Å². The van der Waals surface area contributed by atoms with Crippen LogP contribution in [0.25, 0.3) is 0 Å². The van der Waals surface area contributed by atoms with Gasteiger partial charge in [-0.1, -0.05) is 12.1 Å². The third-order valence-electron chi connectivity index (χ3n) is 3.29. The van der Waals surface area contributed by atoms with Crippen molar-refractivity contribution in [2.75, 3.05) is 6.61 Å². The summed E-state index contributed by atoms with van der Waals surface area (Å²) in [6, 6.07) is 5.07. The van der Waals surface area contributed by atoms with Crippen molar-refractivity contribution in [3.8, 4) is 11.5 Å². The van der Waals surface area contributed by atoms with E-state index < -0.39 is 11.0 Å². The molecule has 1 aromatic rings. The van der Waals surface area contributed by atoms with E-state index in [1.807, 2.05) is 27.7 Å². The standard InChI is InChI=1S/C15H20O4/c1-14(2,3)19-13(17)15(4)8-9-18-12-10(15)6-5-7-11(12)16/h5-7,16H,8-9H2,1-4H3. The summed E-state index contributed by atoms with van der Waals surface area (Å²) in [5, 5.41) is 9.83. The van der Waals surface area contributed by atoms with Gasteiger partial charge in [0.1, 0.15) is 5.60 Å².